The summed E-state index contributed by atoms with van der Waals surface area (Å²) in [5.74, 6) is -0.0774. The predicted octanol–water partition coefficient (Wildman–Crippen LogP) is 0.521. The molecule has 1 spiro atoms. The normalized spacial score (nSPS) is 29.2. The van der Waals surface area contributed by atoms with Crippen LogP contribution in [0.2, 0.25) is 0 Å². The van der Waals surface area contributed by atoms with E-state index in [2.05, 4.69) is 15.2 Å². The van der Waals surface area contributed by atoms with Gasteiger partial charge in [-0.2, -0.15) is 5.10 Å². The summed E-state index contributed by atoms with van der Waals surface area (Å²) in [6, 6.07) is 3.31. The molecular formula is C16H17N5O3. The number of carbonyl (C=O) groups is 2. The van der Waals surface area contributed by atoms with Gasteiger partial charge in [-0.15, -0.1) is 0 Å². The van der Waals surface area contributed by atoms with Crippen molar-refractivity contribution in [3.63, 3.8) is 0 Å². The molecule has 5 rings (SSSR count). The van der Waals surface area contributed by atoms with Gasteiger partial charge in [-0.1, -0.05) is 0 Å². The highest BCUT2D eigenvalue weighted by molar-refractivity contribution is 5.95. The minimum Gasteiger partial charge on any atom is -0.353 e. The number of aromatic nitrogens is 3. The van der Waals surface area contributed by atoms with Crippen LogP contribution in [0.25, 0.3) is 11.0 Å². The average molecular weight is 327 g/mol. The summed E-state index contributed by atoms with van der Waals surface area (Å²) in [5, 5.41) is 7.58. The number of rotatable bonds is 1. The van der Waals surface area contributed by atoms with Gasteiger partial charge in [0.05, 0.1) is 25.3 Å². The molecule has 3 fully saturated rings. The van der Waals surface area contributed by atoms with Gasteiger partial charge in [-0.25, -0.2) is 4.98 Å². The number of pyridine rings is 1. The van der Waals surface area contributed by atoms with Gasteiger partial charge in [0, 0.05) is 24.9 Å². The minimum atomic E-state index is -0.622. The van der Waals surface area contributed by atoms with Gasteiger partial charge in [-0.3, -0.25) is 14.7 Å². The molecule has 2 atom stereocenters. The first-order valence-corrected chi connectivity index (χ1v) is 8.24. The zero-order valence-corrected chi connectivity index (χ0v) is 13.1. The maximum absolute atomic E-state index is 13.0. The Labute approximate surface area is 137 Å². The van der Waals surface area contributed by atoms with Crippen molar-refractivity contribution >= 4 is 22.8 Å². The molecule has 0 unspecified atom stereocenters. The predicted molar refractivity (Wildman–Crippen MR) is 83.0 cm³/mol. The fourth-order valence-electron chi connectivity index (χ4n) is 4.29. The lowest BCUT2D eigenvalue weighted by Gasteiger charge is -2.42. The van der Waals surface area contributed by atoms with Gasteiger partial charge in [-0.05, 0) is 18.6 Å². The van der Waals surface area contributed by atoms with E-state index in [-0.39, 0.29) is 17.9 Å². The zero-order valence-electron chi connectivity index (χ0n) is 13.1. The van der Waals surface area contributed by atoms with Crippen LogP contribution in [0.4, 0.5) is 0 Å². The van der Waals surface area contributed by atoms with Crippen LogP contribution < -0.4 is 0 Å². The Kier molecular flexibility index (Phi) is 2.76. The summed E-state index contributed by atoms with van der Waals surface area (Å²) < 4.78 is 6.03. The van der Waals surface area contributed by atoms with Crippen molar-refractivity contribution in [1.29, 1.82) is 0 Å². The Bertz CT molecular complexity index is 849. The third-order valence-corrected chi connectivity index (χ3v) is 5.39. The van der Waals surface area contributed by atoms with Crippen LogP contribution in [-0.4, -0.2) is 68.3 Å². The number of H-pyrrole nitrogens is 1. The molecule has 24 heavy (non-hydrogen) atoms. The summed E-state index contributed by atoms with van der Waals surface area (Å²) in [6.45, 7) is 1.94. The molecule has 3 saturated heterocycles. The van der Waals surface area contributed by atoms with Crippen molar-refractivity contribution in [1.82, 2.24) is 25.0 Å². The molecule has 124 valence electrons. The molecular weight excluding hydrogens is 310 g/mol. The van der Waals surface area contributed by atoms with Gasteiger partial charge in [0.1, 0.15) is 5.69 Å². The van der Waals surface area contributed by atoms with E-state index in [9.17, 15) is 9.59 Å². The second kappa shape index (κ2) is 4.76. The topological polar surface area (TPSA) is 91.4 Å². The first-order valence-electron chi connectivity index (χ1n) is 8.24. The van der Waals surface area contributed by atoms with Crippen LogP contribution in [0.1, 0.15) is 29.8 Å². The van der Waals surface area contributed by atoms with Crippen molar-refractivity contribution in [3.8, 4) is 0 Å². The third kappa shape index (κ3) is 1.71. The van der Waals surface area contributed by atoms with Gasteiger partial charge >= 0.3 is 0 Å². The molecule has 5 heterocycles. The van der Waals surface area contributed by atoms with E-state index in [4.69, 9.17) is 4.74 Å². The van der Waals surface area contributed by atoms with Crippen molar-refractivity contribution in [3.05, 3.63) is 24.0 Å². The molecule has 1 N–H and O–H groups in total. The van der Waals surface area contributed by atoms with Crippen molar-refractivity contribution in [2.75, 3.05) is 19.7 Å². The number of ether oxygens (including phenoxy) is 1. The third-order valence-electron chi connectivity index (χ3n) is 5.39. The Hall–Kier alpha value is -2.48. The number of hydrogen-bond acceptors (Lipinski definition) is 5. The van der Waals surface area contributed by atoms with Gasteiger partial charge in [0.15, 0.2) is 11.4 Å². The van der Waals surface area contributed by atoms with Gasteiger partial charge in [0.2, 0.25) is 5.91 Å². The Morgan fingerprint density at radius 3 is 3.21 bits per heavy atom. The largest absolute Gasteiger partial charge is 0.353 e. The maximum Gasteiger partial charge on any atom is 0.272 e. The first kappa shape index (κ1) is 13.9. The Balaban J connectivity index is 1.49. The van der Waals surface area contributed by atoms with Crippen molar-refractivity contribution < 1.29 is 14.3 Å². The number of likely N-dealkylation sites (tertiary alicyclic amines) is 1. The molecule has 2 aromatic heterocycles. The van der Waals surface area contributed by atoms with Gasteiger partial charge < -0.3 is 14.5 Å². The highest BCUT2D eigenvalue weighted by Gasteiger charge is 2.61. The van der Waals surface area contributed by atoms with E-state index in [0.29, 0.717) is 37.3 Å². The van der Waals surface area contributed by atoms with Crippen LogP contribution in [-0.2, 0) is 9.53 Å². The first-order chi connectivity index (χ1) is 11.7. The zero-order chi connectivity index (χ0) is 16.3. The van der Waals surface area contributed by atoms with E-state index < -0.39 is 5.72 Å². The van der Waals surface area contributed by atoms with E-state index in [0.717, 1.165) is 18.4 Å². The second-order valence-corrected chi connectivity index (χ2v) is 6.57. The molecule has 8 nitrogen and oxygen atoms in total. The molecule has 3 aliphatic rings. The quantitative estimate of drug-likeness (QED) is 0.824. The van der Waals surface area contributed by atoms with Crippen LogP contribution >= 0.6 is 0 Å². The van der Waals surface area contributed by atoms with Crippen LogP contribution in [0, 0.1) is 0 Å². The highest BCUT2D eigenvalue weighted by atomic mass is 16.5. The molecule has 0 aromatic carbocycles. The number of aromatic amines is 1. The molecule has 0 saturated carbocycles. The summed E-state index contributed by atoms with van der Waals surface area (Å²) in [4.78, 5) is 33.3. The summed E-state index contributed by atoms with van der Waals surface area (Å²) >= 11 is 0. The van der Waals surface area contributed by atoms with E-state index in [1.54, 1.807) is 17.2 Å². The number of hydrogen-bond donors (Lipinski definition) is 1. The lowest BCUT2D eigenvalue weighted by Crippen LogP contribution is -2.56. The molecule has 0 radical (unpaired) electrons. The number of nitrogens with zero attached hydrogens (tertiary/aromatic N) is 4. The maximum atomic E-state index is 13.0. The van der Waals surface area contributed by atoms with Crippen LogP contribution in [0.15, 0.2) is 18.3 Å². The number of fused-ring (bicyclic) bond motifs is 1. The smallest absolute Gasteiger partial charge is 0.272 e. The molecule has 0 bridgehead atoms. The fraction of sp³-hybridized carbons (Fsp3) is 0.500. The second-order valence-electron chi connectivity index (χ2n) is 6.57. The number of carbonyl (C=O) groups excluding carboxylic acids is 2. The Morgan fingerprint density at radius 2 is 2.29 bits per heavy atom. The minimum absolute atomic E-state index is 0.0779. The summed E-state index contributed by atoms with van der Waals surface area (Å²) in [7, 11) is 0. The molecule has 2 aromatic rings. The van der Waals surface area contributed by atoms with E-state index in [1.165, 1.54) is 0 Å². The SMILES string of the molecule is O=C(c1ccc2cn[nH]c2n1)N1CC[C@@]23OCCCN2C(=O)C[C@@H]13. The standard InChI is InChI=1S/C16H17N5O3/c22-13-8-12-16(21(13)5-1-7-24-16)4-6-20(12)15(23)11-3-2-10-9-17-19-14(10)18-11/h2-3,9,12H,1,4-8H2,(H,17,18,19)/t12-,16+/m1/s1. The molecule has 2 amide bonds. The van der Waals surface area contributed by atoms with Crippen LogP contribution in [0.5, 0.6) is 0 Å². The molecule has 8 heteroatoms. The lowest BCUT2D eigenvalue weighted by atomic mass is 10.0. The van der Waals surface area contributed by atoms with Crippen molar-refractivity contribution in [2.24, 2.45) is 0 Å². The average Bonchev–Trinajstić information content (AvgIpc) is 3.26. The Morgan fingerprint density at radius 1 is 1.38 bits per heavy atom. The van der Waals surface area contributed by atoms with Crippen molar-refractivity contribution in [2.45, 2.75) is 31.0 Å². The molecule has 3 aliphatic heterocycles. The fourth-order valence-corrected chi connectivity index (χ4v) is 4.29. The van der Waals surface area contributed by atoms with E-state index in [1.807, 2.05) is 11.0 Å². The monoisotopic (exact) mass is 327 g/mol. The number of amides is 2. The summed E-state index contributed by atoms with van der Waals surface area (Å²) in [5.41, 5.74) is 0.335. The van der Waals surface area contributed by atoms with E-state index >= 15 is 0 Å². The lowest BCUT2D eigenvalue weighted by molar-refractivity contribution is -0.179. The highest BCUT2D eigenvalue weighted by Crippen LogP contribution is 2.45. The summed E-state index contributed by atoms with van der Waals surface area (Å²) in [6.07, 6.45) is 3.52. The molecule has 0 aliphatic carbocycles. The van der Waals surface area contributed by atoms with Gasteiger partial charge in [0.25, 0.3) is 5.91 Å². The van der Waals surface area contributed by atoms with Crippen LogP contribution in [0.3, 0.4) is 0 Å². The number of nitrogens with one attached hydrogen (secondary N) is 1.